The third-order valence-electron chi connectivity index (χ3n) is 1.68. The van der Waals surface area contributed by atoms with E-state index in [0.717, 1.165) is 11.5 Å². The van der Waals surface area contributed by atoms with E-state index in [2.05, 4.69) is 9.36 Å². The Morgan fingerprint density at radius 1 is 1.77 bits per heavy atom. The third-order valence-corrected chi connectivity index (χ3v) is 2.67. The summed E-state index contributed by atoms with van der Waals surface area (Å²) in [5.41, 5.74) is 0. The second kappa shape index (κ2) is 3.12. The lowest BCUT2D eigenvalue weighted by molar-refractivity contribution is 0.179. The van der Waals surface area contributed by atoms with Gasteiger partial charge in [-0.3, -0.25) is 0 Å². The van der Waals surface area contributed by atoms with Gasteiger partial charge < -0.3 is 4.74 Å². The van der Waals surface area contributed by atoms with Crippen LogP contribution < -0.4 is 4.90 Å². The smallest absolute Gasteiger partial charge is 0.416 e. The van der Waals surface area contributed by atoms with Crippen molar-refractivity contribution in [3.63, 3.8) is 0 Å². The minimum absolute atomic E-state index is 0.00323. The van der Waals surface area contributed by atoms with Crippen LogP contribution in [0.1, 0.15) is 6.92 Å². The highest BCUT2D eigenvalue weighted by Crippen LogP contribution is 2.25. The predicted octanol–water partition coefficient (Wildman–Crippen LogP) is 1.54. The van der Waals surface area contributed by atoms with Crippen molar-refractivity contribution in [2.24, 2.45) is 0 Å². The maximum absolute atomic E-state index is 11.2. The van der Waals surface area contributed by atoms with E-state index in [4.69, 9.17) is 16.3 Å². The normalized spacial score (nSPS) is 22.2. The van der Waals surface area contributed by atoms with Crippen molar-refractivity contribution in [3.05, 3.63) is 5.28 Å². The van der Waals surface area contributed by atoms with Crippen LogP contribution in [0.2, 0.25) is 5.28 Å². The lowest BCUT2D eigenvalue weighted by Crippen LogP contribution is -2.30. The Hall–Kier alpha value is -0.880. The van der Waals surface area contributed by atoms with E-state index in [9.17, 15) is 4.79 Å². The summed E-state index contributed by atoms with van der Waals surface area (Å²) in [6.07, 6.45) is -0.389. The second-order valence-electron chi connectivity index (χ2n) is 2.64. The molecule has 0 N–H and O–H groups in total. The molecule has 0 saturated carbocycles. The van der Waals surface area contributed by atoms with Gasteiger partial charge in [-0.2, -0.15) is 9.36 Å². The largest absolute Gasteiger partial charge is 0.447 e. The number of carbonyl (C=O) groups excluding carboxylic acids is 1. The zero-order chi connectivity index (χ0) is 9.42. The first-order valence-electron chi connectivity index (χ1n) is 3.63. The first-order chi connectivity index (χ1) is 6.18. The van der Waals surface area contributed by atoms with Crippen LogP contribution in [0.25, 0.3) is 0 Å². The van der Waals surface area contributed by atoms with Gasteiger partial charge in [0, 0.05) is 11.5 Å². The van der Waals surface area contributed by atoms with Gasteiger partial charge >= 0.3 is 6.09 Å². The number of aromatic nitrogens is 2. The van der Waals surface area contributed by atoms with Crippen molar-refractivity contribution in [1.29, 1.82) is 0 Å². The molecule has 1 saturated heterocycles. The van der Waals surface area contributed by atoms with Gasteiger partial charge in [-0.25, -0.2) is 9.69 Å². The molecule has 2 rings (SSSR count). The predicted molar refractivity (Wildman–Crippen MR) is 48.2 cm³/mol. The van der Waals surface area contributed by atoms with E-state index in [0.29, 0.717) is 11.7 Å². The number of nitrogens with zero attached hydrogens (tertiary/aromatic N) is 3. The average Bonchev–Trinajstić information content (AvgIpc) is 2.60. The molecule has 5 nitrogen and oxygen atoms in total. The number of rotatable bonds is 1. The molecule has 1 aliphatic rings. The molecule has 0 aliphatic carbocycles. The van der Waals surface area contributed by atoms with Crippen LogP contribution in [0.15, 0.2) is 0 Å². The van der Waals surface area contributed by atoms with Crippen LogP contribution in [-0.4, -0.2) is 28.1 Å². The Bertz CT molecular complexity index is 342. The number of hydrogen-bond donors (Lipinski definition) is 0. The van der Waals surface area contributed by atoms with Crippen LogP contribution in [0.5, 0.6) is 0 Å². The molecule has 7 heteroatoms. The fourth-order valence-corrected chi connectivity index (χ4v) is 1.98. The average molecular weight is 220 g/mol. The van der Waals surface area contributed by atoms with Gasteiger partial charge in [0.2, 0.25) is 10.4 Å². The molecule has 0 radical (unpaired) electrons. The highest BCUT2D eigenvalue weighted by molar-refractivity contribution is 7.10. The van der Waals surface area contributed by atoms with Gasteiger partial charge in [-0.15, -0.1) is 0 Å². The van der Waals surface area contributed by atoms with Crippen LogP contribution >= 0.6 is 23.1 Å². The summed E-state index contributed by atoms with van der Waals surface area (Å²) >= 11 is 6.63. The Kier molecular flexibility index (Phi) is 2.09. The van der Waals surface area contributed by atoms with Crippen LogP contribution in [0.3, 0.4) is 0 Å². The molecule has 1 fully saturated rings. The number of carbonyl (C=O) groups is 1. The lowest BCUT2D eigenvalue weighted by Gasteiger charge is -2.12. The lowest BCUT2D eigenvalue weighted by atomic mass is 10.4. The first-order valence-corrected chi connectivity index (χ1v) is 4.79. The molecular weight excluding hydrogens is 214 g/mol. The topological polar surface area (TPSA) is 55.3 Å². The van der Waals surface area contributed by atoms with Gasteiger partial charge in [0.15, 0.2) is 0 Å². The molecule has 0 aromatic carbocycles. The molecule has 1 aliphatic heterocycles. The summed E-state index contributed by atoms with van der Waals surface area (Å²) < 4.78 is 8.60. The number of halogens is 1. The summed E-state index contributed by atoms with van der Waals surface area (Å²) in [5, 5.41) is 0.645. The van der Waals surface area contributed by atoms with Crippen molar-refractivity contribution in [3.8, 4) is 0 Å². The number of anilines is 1. The van der Waals surface area contributed by atoms with Crippen LogP contribution in [-0.2, 0) is 4.74 Å². The summed E-state index contributed by atoms with van der Waals surface area (Å²) in [6, 6.07) is -0.00323. The molecule has 70 valence electrons. The number of cyclic esters (lactones) is 1. The Morgan fingerprint density at radius 2 is 2.54 bits per heavy atom. The van der Waals surface area contributed by atoms with E-state index in [1.165, 1.54) is 4.90 Å². The third kappa shape index (κ3) is 1.47. The minimum atomic E-state index is -0.389. The van der Waals surface area contributed by atoms with E-state index in [-0.39, 0.29) is 17.4 Å². The van der Waals surface area contributed by atoms with Gasteiger partial charge in [0.05, 0.1) is 6.04 Å². The molecule has 1 atom stereocenters. The quantitative estimate of drug-likeness (QED) is 0.719. The summed E-state index contributed by atoms with van der Waals surface area (Å²) in [6.45, 7) is 2.26. The molecule has 1 amide bonds. The fourth-order valence-electron chi connectivity index (χ4n) is 1.08. The van der Waals surface area contributed by atoms with Gasteiger partial charge in [-0.05, 0) is 18.5 Å². The Morgan fingerprint density at radius 3 is 3.00 bits per heavy atom. The monoisotopic (exact) mass is 219 g/mol. The maximum atomic E-state index is 11.2. The van der Waals surface area contributed by atoms with Crippen LogP contribution in [0.4, 0.5) is 9.93 Å². The Labute approximate surface area is 83.4 Å². The molecule has 2 heterocycles. The second-order valence-corrected chi connectivity index (χ2v) is 3.71. The van der Waals surface area contributed by atoms with E-state index in [1.807, 2.05) is 6.92 Å². The molecule has 1 aromatic rings. The minimum Gasteiger partial charge on any atom is -0.447 e. The van der Waals surface area contributed by atoms with E-state index in [1.54, 1.807) is 0 Å². The number of hydrogen-bond acceptors (Lipinski definition) is 5. The van der Waals surface area contributed by atoms with Gasteiger partial charge in [0.25, 0.3) is 0 Å². The van der Waals surface area contributed by atoms with Crippen LogP contribution in [0, 0.1) is 0 Å². The molecule has 0 unspecified atom stereocenters. The van der Waals surface area contributed by atoms with Crippen molar-refractivity contribution in [2.75, 3.05) is 11.5 Å². The number of amides is 1. The maximum Gasteiger partial charge on any atom is 0.416 e. The summed E-state index contributed by atoms with van der Waals surface area (Å²) in [4.78, 5) is 16.5. The molecule has 0 bridgehead atoms. The van der Waals surface area contributed by atoms with E-state index < -0.39 is 0 Å². The molecule has 0 spiro atoms. The SMILES string of the molecule is C[C@H]1COC(=O)N1c1nc(Cl)ns1. The van der Waals surface area contributed by atoms with Gasteiger partial charge in [-0.1, -0.05) is 0 Å². The standard InChI is InChI=1S/C6H6ClN3O2S/c1-3-2-12-6(11)10(3)5-8-4(7)9-13-5/h3H,2H2,1H3/t3-/m0/s1. The first kappa shape index (κ1) is 8.71. The zero-order valence-corrected chi connectivity index (χ0v) is 8.30. The highest BCUT2D eigenvalue weighted by Gasteiger charge is 2.33. The van der Waals surface area contributed by atoms with Crippen molar-refractivity contribution in [2.45, 2.75) is 13.0 Å². The van der Waals surface area contributed by atoms with E-state index >= 15 is 0 Å². The highest BCUT2D eigenvalue weighted by atomic mass is 35.5. The Balaban J connectivity index is 2.29. The molecule has 13 heavy (non-hydrogen) atoms. The van der Waals surface area contributed by atoms with Gasteiger partial charge in [0.1, 0.15) is 6.61 Å². The van der Waals surface area contributed by atoms with Crippen molar-refractivity contribution >= 4 is 34.4 Å². The van der Waals surface area contributed by atoms with Crippen molar-refractivity contribution in [1.82, 2.24) is 9.36 Å². The van der Waals surface area contributed by atoms with Crippen molar-refractivity contribution < 1.29 is 9.53 Å². The summed E-state index contributed by atoms with van der Waals surface area (Å²) in [5.74, 6) is 0. The fraction of sp³-hybridized carbons (Fsp3) is 0.500. The molecular formula is C6H6ClN3O2S. The number of ether oxygens (including phenoxy) is 1. The zero-order valence-electron chi connectivity index (χ0n) is 6.73. The molecule has 1 aromatic heterocycles. The summed E-state index contributed by atoms with van der Waals surface area (Å²) in [7, 11) is 0.